The van der Waals surface area contributed by atoms with E-state index in [0.29, 0.717) is 22.9 Å². The molecule has 0 aliphatic carbocycles. The molecule has 1 aromatic carbocycles. The van der Waals surface area contributed by atoms with Gasteiger partial charge in [-0.2, -0.15) is 0 Å². The monoisotopic (exact) mass is 244 g/mol. The van der Waals surface area contributed by atoms with Crippen molar-refractivity contribution in [3.8, 4) is 11.5 Å². The van der Waals surface area contributed by atoms with E-state index in [-0.39, 0.29) is 11.5 Å². The number of carbonyl (C=O) groups is 1. The van der Waals surface area contributed by atoms with Crippen molar-refractivity contribution >= 4 is 22.2 Å². The van der Waals surface area contributed by atoms with Gasteiger partial charge in [-0.15, -0.1) is 0 Å². The van der Waals surface area contributed by atoms with Crippen molar-refractivity contribution in [2.75, 3.05) is 0 Å². The number of hydrogen-bond acceptors (Lipinski definition) is 3. The van der Waals surface area contributed by atoms with Crippen molar-refractivity contribution in [1.29, 1.82) is 0 Å². The van der Waals surface area contributed by atoms with Gasteiger partial charge in [0.2, 0.25) is 0 Å². The van der Waals surface area contributed by atoms with Gasteiger partial charge in [-0.05, 0) is 24.1 Å². The van der Waals surface area contributed by atoms with E-state index in [0.717, 1.165) is 6.29 Å². The third-order valence-corrected chi connectivity index (χ3v) is 2.12. The SMILES string of the molecule is O=CCCc1cc(Br)cc(O)c1O. The minimum Gasteiger partial charge on any atom is -0.504 e. The standard InChI is InChI=1S/C9H9BrO3/c10-7-4-6(2-1-3-11)9(13)8(12)5-7/h3-5,12-13H,1-2H2. The molecule has 0 aliphatic heterocycles. The van der Waals surface area contributed by atoms with Crippen LogP contribution in [0.5, 0.6) is 11.5 Å². The number of aromatic hydroxyl groups is 2. The summed E-state index contributed by atoms with van der Waals surface area (Å²) in [6, 6.07) is 3.08. The first-order valence-electron chi connectivity index (χ1n) is 3.79. The van der Waals surface area contributed by atoms with Crippen LogP contribution in [0, 0.1) is 0 Å². The van der Waals surface area contributed by atoms with Gasteiger partial charge in [0.1, 0.15) is 6.29 Å². The molecular formula is C9H9BrO3. The van der Waals surface area contributed by atoms with Gasteiger partial charge in [0.15, 0.2) is 11.5 Å². The second kappa shape index (κ2) is 4.28. The van der Waals surface area contributed by atoms with Gasteiger partial charge in [0.05, 0.1) is 0 Å². The second-order valence-corrected chi connectivity index (χ2v) is 3.55. The number of benzene rings is 1. The fourth-order valence-electron chi connectivity index (χ4n) is 1.04. The number of rotatable bonds is 3. The molecule has 0 radical (unpaired) electrons. The molecule has 4 heteroatoms. The van der Waals surface area contributed by atoms with Crippen molar-refractivity contribution in [1.82, 2.24) is 0 Å². The molecule has 0 saturated heterocycles. The lowest BCUT2D eigenvalue weighted by molar-refractivity contribution is -0.107. The lowest BCUT2D eigenvalue weighted by Crippen LogP contribution is -1.87. The van der Waals surface area contributed by atoms with Crippen LogP contribution in [0.4, 0.5) is 0 Å². The maximum atomic E-state index is 10.1. The molecule has 13 heavy (non-hydrogen) atoms. The molecule has 0 atom stereocenters. The lowest BCUT2D eigenvalue weighted by Gasteiger charge is -2.05. The molecule has 0 saturated carbocycles. The average Bonchev–Trinajstić information content (AvgIpc) is 2.09. The van der Waals surface area contributed by atoms with Crippen LogP contribution in [0.3, 0.4) is 0 Å². The number of aldehydes is 1. The van der Waals surface area contributed by atoms with Crippen molar-refractivity contribution < 1.29 is 15.0 Å². The molecule has 0 heterocycles. The van der Waals surface area contributed by atoms with Crippen LogP contribution < -0.4 is 0 Å². The van der Waals surface area contributed by atoms with E-state index in [9.17, 15) is 15.0 Å². The minimum absolute atomic E-state index is 0.148. The van der Waals surface area contributed by atoms with Crippen LogP contribution in [-0.2, 0) is 11.2 Å². The molecule has 0 spiro atoms. The second-order valence-electron chi connectivity index (χ2n) is 2.64. The molecule has 3 nitrogen and oxygen atoms in total. The summed E-state index contributed by atoms with van der Waals surface area (Å²) in [5.41, 5.74) is 0.568. The highest BCUT2D eigenvalue weighted by Gasteiger charge is 2.07. The Labute approximate surface area is 84.1 Å². The molecule has 0 amide bonds. The average molecular weight is 245 g/mol. The fraction of sp³-hybridized carbons (Fsp3) is 0.222. The lowest BCUT2D eigenvalue weighted by atomic mass is 10.1. The fourth-order valence-corrected chi connectivity index (χ4v) is 1.54. The smallest absolute Gasteiger partial charge is 0.160 e. The molecule has 1 rings (SSSR count). The van der Waals surface area contributed by atoms with E-state index in [1.165, 1.54) is 6.07 Å². The highest BCUT2D eigenvalue weighted by atomic mass is 79.9. The topological polar surface area (TPSA) is 57.5 Å². The summed E-state index contributed by atoms with van der Waals surface area (Å²) in [4.78, 5) is 10.1. The largest absolute Gasteiger partial charge is 0.504 e. The number of halogens is 1. The Morgan fingerprint density at radius 1 is 1.38 bits per heavy atom. The van der Waals surface area contributed by atoms with Gasteiger partial charge in [-0.3, -0.25) is 0 Å². The molecule has 0 aliphatic rings. The Morgan fingerprint density at radius 3 is 2.69 bits per heavy atom. The van der Waals surface area contributed by atoms with Crippen LogP contribution in [0.2, 0.25) is 0 Å². The predicted molar refractivity (Wildman–Crippen MR) is 51.9 cm³/mol. The van der Waals surface area contributed by atoms with Crippen molar-refractivity contribution in [2.45, 2.75) is 12.8 Å². The van der Waals surface area contributed by atoms with E-state index in [1.54, 1.807) is 6.07 Å². The number of carbonyl (C=O) groups excluding carboxylic acids is 1. The van der Waals surface area contributed by atoms with Gasteiger partial charge in [0.25, 0.3) is 0 Å². The summed E-state index contributed by atoms with van der Waals surface area (Å²) < 4.78 is 0.684. The van der Waals surface area contributed by atoms with Crippen molar-refractivity contribution in [2.24, 2.45) is 0 Å². The first-order chi connectivity index (χ1) is 6.15. The van der Waals surface area contributed by atoms with E-state index in [1.807, 2.05) is 0 Å². The van der Waals surface area contributed by atoms with Gasteiger partial charge >= 0.3 is 0 Å². The number of aryl methyl sites for hydroxylation is 1. The molecule has 0 aromatic heterocycles. The zero-order valence-electron chi connectivity index (χ0n) is 6.83. The normalized spacial score (nSPS) is 9.92. The van der Waals surface area contributed by atoms with Gasteiger partial charge < -0.3 is 15.0 Å². The van der Waals surface area contributed by atoms with Gasteiger partial charge in [-0.1, -0.05) is 15.9 Å². The Kier molecular flexibility index (Phi) is 3.31. The number of phenols is 2. The zero-order chi connectivity index (χ0) is 9.84. The molecule has 2 N–H and O–H groups in total. The summed E-state index contributed by atoms with van der Waals surface area (Å²) in [5, 5.41) is 18.6. The van der Waals surface area contributed by atoms with E-state index in [2.05, 4.69) is 15.9 Å². The molecule has 0 unspecified atom stereocenters. The first-order valence-corrected chi connectivity index (χ1v) is 4.58. The first kappa shape index (κ1) is 10.1. The molecular weight excluding hydrogens is 236 g/mol. The van der Waals surface area contributed by atoms with E-state index < -0.39 is 0 Å². The third-order valence-electron chi connectivity index (χ3n) is 1.67. The van der Waals surface area contributed by atoms with Gasteiger partial charge in [0, 0.05) is 10.9 Å². The van der Waals surface area contributed by atoms with Crippen LogP contribution in [-0.4, -0.2) is 16.5 Å². The summed E-state index contributed by atoms with van der Waals surface area (Å²) in [6.07, 6.45) is 1.54. The quantitative estimate of drug-likeness (QED) is 0.632. The van der Waals surface area contributed by atoms with Crippen molar-refractivity contribution in [3.63, 3.8) is 0 Å². The summed E-state index contributed by atoms with van der Waals surface area (Å²) >= 11 is 3.18. The molecule has 70 valence electrons. The molecule has 0 fully saturated rings. The number of hydrogen-bond donors (Lipinski definition) is 2. The summed E-state index contributed by atoms with van der Waals surface area (Å²) in [6.45, 7) is 0. The maximum absolute atomic E-state index is 10.1. The Hall–Kier alpha value is -1.03. The Morgan fingerprint density at radius 2 is 2.08 bits per heavy atom. The summed E-state index contributed by atoms with van der Waals surface area (Å²) in [5.74, 6) is -0.319. The maximum Gasteiger partial charge on any atom is 0.160 e. The van der Waals surface area contributed by atoms with E-state index >= 15 is 0 Å². The van der Waals surface area contributed by atoms with Crippen LogP contribution in [0.1, 0.15) is 12.0 Å². The van der Waals surface area contributed by atoms with Gasteiger partial charge in [-0.25, -0.2) is 0 Å². The van der Waals surface area contributed by atoms with Crippen LogP contribution in [0.25, 0.3) is 0 Å². The highest BCUT2D eigenvalue weighted by Crippen LogP contribution is 2.33. The predicted octanol–water partition coefficient (Wildman–Crippen LogP) is 1.99. The number of phenolic OH excluding ortho intramolecular Hbond substituents is 2. The molecule has 1 aromatic rings. The zero-order valence-corrected chi connectivity index (χ0v) is 8.41. The highest BCUT2D eigenvalue weighted by molar-refractivity contribution is 9.10. The van der Waals surface area contributed by atoms with Crippen molar-refractivity contribution in [3.05, 3.63) is 22.2 Å². The van der Waals surface area contributed by atoms with Crippen LogP contribution in [0.15, 0.2) is 16.6 Å². The summed E-state index contributed by atoms with van der Waals surface area (Å²) in [7, 11) is 0. The van der Waals surface area contributed by atoms with Crippen LogP contribution >= 0.6 is 15.9 Å². The minimum atomic E-state index is -0.171. The Bertz CT molecular complexity index is 323. The molecule has 0 bridgehead atoms. The van der Waals surface area contributed by atoms with E-state index in [4.69, 9.17) is 0 Å². The Balaban J connectivity index is 2.98. The third kappa shape index (κ3) is 2.45.